The topological polar surface area (TPSA) is 72.0 Å². The molecule has 0 saturated heterocycles. The van der Waals surface area contributed by atoms with Gasteiger partial charge in [-0.2, -0.15) is 0 Å². The van der Waals surface area contributed by atoms with Crippen molar-refractivity contribution in [2.75, 3.05) is 6.54 Å². The quantitative estimate of drug-likeness (QED) is 0.604. The molecule has 0 aliphatic carbocycles. The van der Waals surface area contributed by atoms with Crippen LogP contribution < -0.4 is 5.32 Å². The third kappa shape index (κ3) is 5.56. The monoisotopic (exact) mass is 379 g/mol. The number of hydrogen-bond acceptors (Lipinski definition) is 5. The zero-order valence-corrected chi connectivity index (χ0v) is 16.0. The molecule has 138 valence electrons. The van der Waals surface area contributed by atoms with Gasteiger partial charge in [-0.15, -0.1) is 11.3 Å². The Morgan fingerprint density at radius 3 is 2.67 bits per heavy atom. The SMILES string of the molecule is Cc1ccc(C(=O)CCC(=O)NCCc2csc(-c3cccnc3)n2)cc1. The van der Waals surface area contributed by atoms with Crippen LogP contribution in [0.25, 0.3) is 10.6 Å². The average Bonchev–Trinajstić information content (AvgIpc) is 3.16. The summed E-state index contributed by atoms with van der Waals surface area (Å²) in [4.78, 5) is 32.7. The summed E-state index contributed by atoms with van der Waals surface area (Å²) in [5, 5.41) is 5.78. The number of amides is 1. The number of hydrogen-bond donors (Lipinski definition) is 1. The second-order valence-electron chi connectivity index (χ2n) is 6.27. The fraction of sp³-hybridized carbons (Fsp3) is 0.238. The predicted octanol–water partition coefficient (Wildman–Crippen LogP) is 3.84. The normalized spacial score (nSPS) is 10.6. The molecule has 1 amide bonds. The number of benzene rings is 1. The minimum Gasteiger partial charge on any atom is -0.356 e. The van der Waals surface area contributed by atoms with E-state index >= 15 is 0 Å². The van der Waals surface area contributed by atoms with Gasteiger partial charge in [0.2, 0.25) is 5.91 Å². The molecule has 0 fully saturated rings. The van der Waals surface area contributed by atoms with Crippen molar-refractivity contribution < 1.29 is 9.59 Å². The van der Waals surface area contributed by atoms with Gasteiger partial charge in [0.1, 0.15) is 5.01 Å². The van der Waals surface area contributed by atoms with Crippen molar-refractivity contribution in [3.05, 3.63) is 71.0 Å². The third-order valence-electron chi connectivity index (χ3n) is 4.12. The summed E-state index contributed by atoms with van der Waals surface area (Å²) in [6.07, 6.45) is 4.60. The molecule has 27 heavy (non-hydrogen) atoms. The number of nitrogens with one attached hydrogen (secondary N) is 1. The Morgan fingerprint density at radius 1 is 1.11 bits per heavy atom. The van der Waals surface area contributed by atoms with E-state index in [9.17, 15) is 9.59 Å². The van der Waals surface area contributed by atoms with Crippen LogP contribution in [0.2, 0.25) is 0 Å². The van der Waals surface area contributed by atoms with E-state index in [-0.39, 0.29) is 24.5 Å². The fourth-order valence-electron chi connectivity index (χ4n) is 2.57. The van der Waals surface area contributed by atoms with Gasteiger partial charge in [0, 0.05) is 54.7 Å². The summed E-state index contributed by atoms with van der Waals surface area (Å²) in [5.41, 5.74) is 3.69. The molecule has 0 atom stereocenters. The Labute approximate surface area is 162 Å². The molecule has 0 aliphatic heterocycles. The minimum atomic E-state index is -0.113. The van der Waals surface area contributed by atoms with Crippen molar-refractivity contribution in [1.29, 1.82) is 0 Å². The zero-order valence-electron chi connectivity index (χ0n) is 15.1. The average molecular weight is 379 g/mol. The molecule has 3 aromatic rings. The standard InChI is InChI=1S/C21H21N3O2S/c1-15-4-6-16(7-5-15)19(25)8-9-20(26)23-12-10-18-14-27-21(24-18)17-3-2-11-22-13-17/h2-7,11,13-14H,8-10,12H2,1H3,(H,23,26). The predicted molar refractivity (Wildman–Crippen MR) is 107 cm³/mol. The highest BCUT2D eigenvalue weighted by atomic mass is 32.1. The van der Waals surface area contributed by atoms with E-state index in [2.05, 4.69) is 15.3 Å². The first-order valence-corrected chi connectivity index (χ1v) is 9.71. The van der Waals surface area contributed by atoms with E-state index in [1.54, 1.807) is 35.9 Å². The van der Waals surface area contributed by atoms with Crippen LogP contribution in [0.4, 0.5) is 0 Å². The molecular weight excluding hydrogens is 358 g/mol. The first kappa shape index (κ1) is 18.9. The molecular formula is C21H21N3O2S. The van der Waals surface area contributed by atoms with Crippen molar-refractivity contribution in [2.45, 2.75) is 26.2 Å². The van der Waals surface area contributed by atoms with E-state index in [0.717, 1.165) is 21.8 Å². The smallest absolute Gasteiger partial charge is 0.220 e. The van der Waals surface area contributed by atoms with Gasteiger partial charge in [-0.3, -0.25) is 14.6 Å². The van der Waals surface area contributed by atoms with E-state index in [1.165, 1.54) is 0 Å². The maximum atomic E-state index is 12.1. The Bertz CT molecular complexity index is 905. The molecule has 0 unspecified atom stereocenters. The van der Waals surface area contributed by atoms with Crippen LogP contribution in [0.15, 0.2) is 54.2 Å². The van der Waals surface area contributed by atoms with E-state index in [1.807, 2.05) is 36.6 Å². The van der Waals surface area contributed by atoms with Gasteiger partial charge in [0.15, 0.2) is 5.78 Å². The molecule has 0 spiro atoms. The van der Waals surface area contributed by atoms with Crippen molar-refractivity contribution in [3.8, 4) is 10.6 Å². The maximum absolute atomic E-state index is 12.1. The molecule has 0 bridgehead atoms. The molecule has 2 heterocycles. The number of pyridine rings is 1. The molecule has 0 saturated carbocycles. The second kappa shape index (κ2) is 9.19. The Kier molecular flexibility index (Phi) is 6.44. The van der Waals surface area contributed by atoms with Crippen LogP contribution in [0.5, 0.6) is 0 Å². The van der Waals surface area contributed by atoms with Crippen LogP contribution in [-0.4, -0.2) is 28.2 Å². The van der Waals surface area contributed by atoms with Gasteiger partial charge in [0.25, 0.3) is 0 Å². The third-order valence-corrected chi connectivity index (χ3v) is 5.06. The highest BCUT2D eigenvalue weighted by Gasteiger charge is 2.10. The number of aryl methyl sites for hydroxylation is 1. The van der Waals surface area contributed by atoms with E-state index in [0.29, 0.717) is 18.5 Å². The van der Waals surface area contributed by atoms with Crippen LogP contribution in [0.1, 0.15) is 34.5 Å². The molecule has 0 aliphatic rings. The largest absolute Gasteiger partial charge is 0.356 e. The molecule has 0 radical (unpaired) electrons. The lowest BCUT2D eigenvalue weighted by Gasteiger charge is -2.04. The van der Waals surface area contributed by atoms with Crippen molar-refractivity contribution in [2.24, 2.45) is 0 Å². The summed E-state index contributed by atoms with van der Waals surface area (Å²) in [7, 11) is 0. The van der Waals surface area contributed by atoms with Crippen LogP contribution in [-0.2, 0) is 11.2 Å². The molecule has 1 aromatic carbocycles. The maximum Gasteiger partial charge on any atom is 0.220 e. The molecule has 6 heteroatoms. The summed E-state index contributed by atoms with van der Waals surface area (Å²) in [5.74, 6) is -0.121. The number of nitrogens with zero attached hydrogens (tertiary/aromatic N) is 2. The zero-order chi connectivity index (χ0) is 19.1. The van der Waals surface area contributed by atoms with Crippen LogP contribution in [0, 0.1) is 6.92 Å². The number of thiazole rings is 1. The molecule has 5 nitrogen and oxygen atoms in total. The highest BCUT2D eigenvalue weighted by Crippen LogP contribution is 2.22. The van der Waals surface area contributed by atoms with Gasteiger partial charge in [-0.25, -0.2) is 4.98 Å². The highest BCUT2D eigenvalue weighted by molar-refractivity contribution is 7.13. The van der Waals surface area contributed by atoms with Crippen LogP contribution >= 0.6 is 11.3 Å². The van der Waals surface area contributed by atoms with E-state index < -0.39 is 0 Å². The number of carbonyl (C=O) groups excluding carboxylic acids is 2. The number of aromatic nitrogens is 2. The second-order valence-corrected chi connectivity index (χ2v) is 7.13. The minimum absolute atomic E-state index is 0.00855. The lowest BCUT2D eigenvalue weighted by molar-refractivity contribution is -0.121. The summed E-state index contributed by atoms with van der Waals surface area (Å²) in [6, 6.07) is 11.3. The molecule has 2 aromatic heterocycles. The number of ketones is 1. The lowest BCUT2D eigenvalue weighted by Crippen LogP contribution is -2.26. The van der Waals surface area contributed by atoms with Crippen molar-refractivity contribution in [3.63, 3.8) is 0 Å². The molecule has 3 rings (SSSR count). The van der Waals surface area contributed by atoms with Gasteiger partial charge < -0.3 is 5.32 Å². The summed E-state index contributed by atoms with van der Waals surface area (Å²) in [6.45, 7) is 2.48. The first-order chi connectivity index (χ1) is 13.1. The van der Waals surface area contributed by atoms with Crippen molar-refractivity contribution in [1.82, 2.24) is 15.3 Å². The van der Waals surface area contributed by atoms with Gasteiger partial charge in [-0.05, 0) is 19.1 Å². The molecule has 1 N–H and O–H groups in total. The summed E-state index contributed by atoms with van der Waals surface area (Å²) < 4.78 is 0. The Hall–Kier alpha value is -2.86. The van der Waals surface area contributed by atoms with Gasteiger partial charge in [-0.1, -0.05) is 29.8 Å². The number of Topliss-reactive ketones (excluding diaryl/α,β-unsaturated/α-hetero) is 1. The number of rotatable bonds is 8. The number of carbonyl (C=O) groups is 2. The Morgan fingerprint density at radius 2 is 1.93 bits per heavy atom. The first-order valence-electron chi connectivity index (χ1n) is 8.83. The Balaban J connectivity index is 1.40. The lowest BCUT2D eigenvalue weighted by atomic mass is 10.1. The fourth-order valence-corrected chi connectivity index (χ4v) is 3.42. The summed E-state index contributed by atoms with van der Waals surface area (Å²) >= 11 is 1.57. The van der Waals surface area contributed by atoms with Gasteiger partial charge in [0.05, 0.1) is 5.69 Å². The van der Waals surface area contributed by atoms with E-state index in [4.69, 9.17) is 0 Å². The van der Waals surface area contributed by atoms with Crippen LogP contribution in [0.3, 0.4) is 0 Å². The van der Waals surface area contributed by atoms with Crippen molar-refractivity contribution >= 4 is 23.0 Å². The van der Waals surface area contributed by atoms with Gasteiger partial charge >= 0.3 is 0 Å².